The molecular formula is C12H16N2O3. The number of hydrogen-bond donors (Lipinski definition) is 2. The summed E-state index contributed by atoms with van der Waals surface area (Å²) in [5.74, 6) is 0.269. The third-order valence-electron chi connectivity index (χ3n) is 1.94. The van der Waals surface area contributed by atoms with Gasteiger partial charge in [0.1, 0.15) is 5.75 Å². The lowest BCUT2D eigenvalue weighted by atomic mass is 10.3. The normalized spacial score (nSPS) is 9.47. The van der Waals surface area contributed by atoms with Gasteiger partial charge in [0.05, 0.1) is 6.61 Å². The van der Waals surface area contributed by atoms with Crippen LogP contribution in [0.2, 0.25) is 0 Å². The van der Waals surface area contributed by atoms with Gasteiger partial charge in [-0.1, -0.05) is 18.2 Å². The first kappa shape index (κ1) is 13.0. The first-order valence-corrected chi connectivity index (χ1v) is 5.42. The van der Waals surface area contributed by atoms with E-state index in [0.29, 0.717) is 19.4 Å². The van der Waals surface area contributed by atoms with Gasteiger partial charge in [0.15, 0.2) is 0 Å². The lowest BCUT2D eigenvalue weighted by molar-refractivity contribution is -0.127. The van der Waals surface area contributed by atoms with Crippen molar-refractivity contribution >= 4 is 11.8 Å². The van der Waals surface area contributed by atoms with E-state index in [-0.39, 0.29) is 11.8 Å². The Labute approximate surface area is 100 Å². The Morgan fingerprint density at radius 1 is 1.18 bits per heavy atom. The van der Waals surface area contributed by atoms with Crippen molar-refractivity contribution in [3.05, 3.63) is 30.3 Å². The standard InChI is InChI=1S/C12H16N2O3/c1-10(15)13-14-12(16)8-5-9-17-11-6-3-2-4-7-11/h2-4,6-7H,5,8-9H2,1H3,(H,13,15)(H,14,16). The van der Waals surface area contributed by atoms with Gasteiger partial charge in [0, 0.05) is 13.3 Å². The Bertz CT molecular complexity index is 365. The summed E-state index contributed by atoms with van der Waals surface area (Å²) in [6, 6.07) is 9.40. The molecule has 0 unspecified atom stereocenters. The molecule has 0 spiro atoms. The fourth-order valence-electron chi connectivity index (χ4n) is 1.16. The van der Waals surface area contributed by atoms with E-state index in [1.807, 2.05) is 30.3 Å². The summed E-state index contributed by atoms with van der Waals surface area (Å²) < 4.78 is 5.41. The monoisotopic (exact) mass is 236 g/mol. The predicted octanol–water partition coefficient (Wildman–Crippen LogP) is 1.01. The van der Waals surface area contributed by atoms with Gasteiger partial charge < -0.3 is 4.74 Å². The minimum atomic E-state index is -0.293. The summed E-state index contributed by atoms with van der Waals surface area (Å²) in [7, 11) is 0. The first-order valence-electron chi connectivity index (χ1n) is 5.42. The minimum absolute atomic E-state index is 0.225. The third kappa shape index (κ3) is 6.19. The zero-order valence-electron chi connectivity index (χ0n) is 9.73. The topological polar surface area (TPSA) is 67.4 Å². The highest BCUT2D eigenvalue weighted by Gasteiger charge is 2.01. The second kappa shape index (κ2) is 7.27. The maximum atomic E-state index is 11.2. The smallest absolute Gasteiger partial charge is 0.238 e. The minimum Gasteiger partial charge on any atom is -0.494 e. The van der Waals surface area contributed by atoms with Crippen LogP contribution in [0.1, 0.15) is 19.8 Å². The van der Waals surface area contributed by atoms with Gasteiger partial charge >= 0.3 is 0 Å². The number of para-hydroxylation sites is 1. The quantitative estimate of drug-likeness (QED) is 0.592. The van der Waals surface area contributed by atoms with Crippen molar-refractivity contribution in [3.63, 3.8) is 0 Å². The van der Waals surface area contributed by atoms with Crippen LogP contribution in [0.5, 0.6) is 5.75 Å². The van der Waals surface area contributed by atoms with Gasteiger partial charge in [-0.05, 0) is 18.6 Å². The Kier molecular flexibility index (Phi) is 5.57. The number of ether oxygens (including phenoxy) is 1. The highest BCUT2D eigenvalue weighted by Crippen LogP contribution is 2.08. The average Bonchev–Trinajstić information content (AvgIpc) is 2.33. The zero-order chi connectivity index (χ0) is 12.5. The molecule has 0 heterocycles. The van der Waals surface area contributed by atoms with Gasteiger partial charge in [-0.3, -0.25) is 20.4 Å². The van der Waals surface area contributed by atoms with Crippen LogP contribution >= 0.6 is 0 Å². The Hall–Kier alpha value is -2.04. The van der Waals surface area contributed by atoms with Gasteiger partial charge in [0.2, 0.25) is 11.8 Å². The molecule has 0 aliphatic rings. The highest BCUT2D eigenvalue weighted by atomic mass is 16.5. The molecule has 0 aromatic heterocycles. The fraction of sp³-hybridized carbons (Fsp3) is 0.333. The van der Waals surface area contributed by atoms with Crippen LogP contribution in [0, 0.1) is 0 Å². The molecule has 0 saturated carbocycles. The lowest BCUT2D eigenvalue weighted by Crippen LogP contribution is -2.40. The van der Waals surface area contributed by atoms with Crippen molar-refractivity contribution in [1.82, 2.24) is 10.9 Å². The molecule has 0 radical (unpaired) electrons. The number of carbonyl (C=O) groups excluding carboxylic acids is 2. The summed E-state index contributed by atoms with van der Waals surface area (Å²) in [5, 5.41) is 0. The first-order chi connectivity index (χ1) is 8.18. The van der Waals surface area contributed by atoms with E-state index >= 15 is 0 Å². The van der Waals surface area contributed by atoms with E-state index < -0.39 is 0 Å². The molecule has 2 N–H and O–H groups in total. The van der Waals surface area contributed by atoms with E-state index in [4.69, 9.17) is 4.74 Å². The molecular weight excluding hydrogens is 220 g/mol. The number of hydrazine groups is 1. The van der Waals surface area contributed by atoms with Crippen LogP contribution in [0.25, 0.3) is 0 Å². The summed E-state index contributed by atoms with van der Waals surface area (Å²) in [6.45, 7) is 1.80. The van der Waals surface area contributed by atoms with Gasteiger partial charge in [-0.2, -0.15) is 0 Å². The number of amides is 2. The second-order valence-electron chi connectivity index (χ2n) is 3.49. The van der Waals surface area contributed by atoms with Crippen LogP contribution in [0.15, 0.2) is 30.3 Å². The molecule has 1 aromatic carbocycles. The molecule has 1 rings (SSSR count). The number of hydrogen-bond acceptors (Lipinski definition) is 3. The summed E-state index contributed by atoms with van der Waals surface area (Å²) in [5.41, 5.74) is 4.51. The van der Waals surface area contributed by atoms with Crippen molar-refractivity contribution < 1.29 is 14.3 Å². The van der Waals surface area contributed by atoms with Crippen molar-refractivity contribution in [1.29, 1.82) is 0 Å². The Morgan fingerprint density at radius 2 is 1.88 bits per heavy atom. The Balaban J connectivity index is 2.08. The highest BCUT2D eigenvalue weighted by molar-refractivity contribution is 5.80. The molecule has 0 aliphatic heterocycles. The fourth-order valence-corrected chi connectivity index (χ4v) is 1.16. The molecule has 92 valence electrons. The largest absolute Gasteiger partial charge is 0.494 e. The molecule has 2 amide bonds. The SMILES string of the molecule is CC(=O)NNC(=O)CCCOc1ccccc1. The molecule has 0 bridgehead atoms. The van der Waals surface area contributed by atoms with Crippen LogP contribution in [-0.4, -0.2) is 18.4 Å². The number of nitrogens with one attached hydrogen (secondary N) is 2. The predicted molar refractivity (Wildman–Crippen MR) is 63.1 cm³/mol. The van der Waals surface area contributed by atoms with Crippen molar-refractivity contribution in [2.75, 3.05) is 6.61 Å². The van der Waals surface area contributed by atoms with Crippen LogP contribution in [0.4, 0.5) is 0 Å². The van der Waals surface area contributed by atoms with Crippen molar-refractivity contribution in [3.8, 4) is 5.75 Å². The maximum absolute atomic E-state index is 11.2. The van der Waals surface area contributed by atoms with Gasteiger partial charge in [0.25, 0.3) is 0 Å². The Morgan fingerprint density at radius 3 is 2.53 bits per heavy atom. The summed E-state index contributed by atoms with van der Waals surface area (Å²) in [4.78, 5) is 21.7. The maximum Gasteiger partial charge on any atom is 0.238 e. The van der Waals surface area contributed by atoms with E-state index in [2.05, 4.69) is 10.9 Å². The van der Waals surface area contributed by atoms with E-state index in [9.17, 15) is 9.59 Å². The van der Waals surface area contributed by atoms with Crippen LogP contribution in [-0.2, 0) is 9.59 Å². The van der Waals surface area contributed by atoms with E-state index in [0.717, 1.165) is 5.75 Å². The third-order valence-corrected chi connectivity index (χ3v) is 1.94. The average molecular weight is 236 g/mol. The molecule has 1 aromatic rings. The number of carbonyl (C=O) groups is 2. The molecule has 0 atom stereocenters. The molecule has 5 heteroatoms. The van der Waals surface area contributed by atoms with E-state index in [1.165, 1.54) is 6.92 Å². The van der Waals surface area contributed by atoms with Crippen LogP contribution in [0.3, 0.4) is 0 Å². The van der Waals surface area contributed by atoms with Gasteiger partial charge in [-0.25, -0.2) is 0 Å². The summed E-state index contributed by atoms with van der Waals surface area (Å²) >= 11 is 0. The number of benzene rings is 1. The molecule has 0 saturated heterocycles. The molecule has 17 heavy (non-hydrogen) atoms. The van der Waals surface area contributed by atoms with E-state index in [1.54, 1.807) is 0 Å². The molecule has 0 aliphatic carbocycles. The van der Waals surface area contributed by atoms with Gasteiger partial charge in [-0.15, -0.1) is 0 Å². The van der Waals surface area contributed by atoms with Crippen LogP contribution < -0.4 is 15.6 Å². The second-order valence-corrected chi connectivity index (χ2v) is 3.49. The molecule has 5 nitrogen and oxygen atoms in total. The van der Waals surface area contributed by atoms with Crippen molar-refractivity contribution in [2.24, 2.45) is 0 Å². The number of rotatable bonds is 5. The molecule has 0 fully saturated rings. The zero-order valence-corrected chi connectivity index (χ0v) is 9.73. The van der Waals surface area contributed by atoms with Crippen molar-refractivity contribution in [2.45, 2.75) is 19.8 Å². The summed E-state index contributed by atoms with van der Waals surface area (Å²) in [6.07, 6.45) is 0.910. The lowest BCUT2D eigenvalue weighted by Gasteiger charge is -2.06.